The van der Waals surface area contributed by atoms with Crippen molar-refractivity contribution in [1.29, 1.82) is 5.26 Å². The highest BCUT2D eigenvalue weighted by molar-refractivity contribution is 7.99. The lowest BCUT2D eigenvalue weighted by molar-refractivity contribution is 0.344. The van der Waals surface area contributed by atoms with Gasteiger partial charge in [-0.3, -0.25) is 0 Å². The van der Waals surface area contributed by atoms with E-state index in [2.05, 4.69) is 6.07 Å². The zero-order valence-electron chi connectivity index (χ0n) is 10.5. The molecule has 0 unspecified atom stereocenters. The van der Waals surface area contributed by atoms with Crippen LogP contribution in [0, 0.1) is 11.3 Å². The third kappa shape index (κ3) is 4.35. The fourth-order valence-corrected chi connectivity index (χ4v) is 2.88. The molecule has 0 spiro atoms. The molecule has 2 aromatic rings. The Balaban J connectivity index is 1.84. The van der Waals surface area contributed by atoms with Crippen LogP contribution in [0.5, 0.6) is 5.75 Å². The molecule has 0 bridgehead atoms. The monoisotopic (exact) mass is 323 g/mol. The second kappa shape index (κ2) is 7.44. The first-order valence-electron chi connectivity index (χ1n) is 5.90. The van der Waals surface area contributed by atoms with Gasteiger partial charge in [-0.25, -0.2) is 0 Å². The lowest BCUT2D eigenvalue weighted by Crippen LogP contribution is -2.00. The van der Waals surface area contributed by atoms with Crippen molar-refractivity contribution in [3.8, 4) is 11.8 Å². The van der Waals surface area contributed by atoms with Crippen molar-refractivity contribution in [3.05, 3.63) is 58.1 Å². The molecule has 0 N–H and O–H groups in total. The number of benzene rings is 2. The van der Waals surface area contributed by atoms with Gasteiger partial charge in [-0.1, -0.05) is 29.3 Å². The van der Waals surface area contributed by atoms with Gasteiger partial charge in [-0.2, -0.15) is 5.26 Å². The Kier molecular flexibility index (Phi) is 5.60. The molecule has 0 amide bonds. The maximum Gasteiger partial charge on any atom is 0.120 e. The number of ether oxygens (including phenoxy) is 1. The Morgan fingerprint density at radius 2 is 2.00 bits per heavy atom. The van der Waals surface area contributed by atoms with Gasteiger partial charge < -0.3 is 4.74 Å². The second-order valence-electron chi connectivity index (χ2n) is 3.91. The number of rotatable bonds is 5. The first-order chi connectivity index (χ1) is 9.69. The summed E-state index contributed by atoms with van der Waals surface area (Å²) < 4.78 is 5.59. The molecule has 0 fully saturated rings. The van der Waals surface area contributed by atoms with Crippen LogP contribution < -0.4 is 4.74 Å². The molecule has 0 atom stereocenters. The van der Waals surface area contributed by atoms with E-state index in [1.165, 1.54) is 0 Å². The third-order valence-corrected chi connectivity index (χ3v) is 4.16. The van der Waals surface area contributed by atoms with E-state index in [-0.39, 0.29) is 0 Å². The number of hydrogen-bond acceptors (Lipinski definition) is 3. The highest BCUT2D eigenvalue weighted by atomic mass is 35.5. The van der Waals surface area contributed by atoms with Crippen LogP contribution in [0.15, 0.2) is 47.4 Å². The lowest BCUT2D eigenvalue weighted by Gasteiger charge is -2.07. The molecule has 0 radical (unpaired) electrons. The minimum atomic E-state index is 0.530. The number of nitrogens with zero attached hydrogens (tertiary/aromatic N) is 1. The highest BCUT2D eigenvalue weighted by Crippen LogP contribution is 2.29. The van der Waals surface area contributed by atoms with Crippen molar-refractivity contribution < 1.29 is 4.74 Å². The predicted molar refractivity (Wildman–Crippen MR) is 83.8 cm³/mol. The molecule has 0 aromatic heterocycles. The minimum Gasteiger partial charge on any atom is -0.493 e. The summed E-state index contributed by atoms with van der Waals surface area (Å²) in [5.74, 6) is 1.44. The Morgan fingerprint density at radius 3 is 2.80 bits per heavy atom. The second-order valence-corrected chi connectivity index (χ2v) is 5.89. The standard InChI is InChI=1S/C15H11Cl2NOS/c16-12-4-5-14(17)15(9-12)20-7-6-19-13-3-1-2-11(8-13)10-18/h1-5,8-9H,6-7H2. The van der Waals surface area contributed by atoms with Crippen molar-refractivity contribution in [3.63, 3.8) is 0 Å². The van der Waals surface area contributed by atoms with Crippen LogP contribution in [-0.4, -0.2) is 12.4 Å². The number of nitriles is 1. The average molecular weight is 324 g/mol. The summed E-state index contributed by atoms with van der Waals surface area (Å²) in [7, 11) is 0. The van der Waals surface area contributed by atoms with Crippen LogP contribution in [0.1, 0.15) is 5.56 Å². The SMILES string of the molecule is N#Cc1cccc(OCCSc2cc(Cl)ccc2Cl)c1. The number of halogens is 2. The van der Waals surface area contributed by atoms with E-state index < -0.39 is 0 Å². The van der Waals surface area contributed by atoms with Gasteiger partial charge in [0.05, 0.1) is 23.3 Å². The van der Waals surface area contributed by atoms with Gasteiger partial charge in [0.1, 0.15) is 5.75 Å². The fourth-order valence-electron chi connectivity index (χ4n) is 1.55. The zero-order valence-corrected chi connectivity index (χ0v) is 12.8. The van der Waals surface area contributed by atoms with Crippen molar-refractivity contribution in [2.75, 3.05) is 12.4 Å². The molecule has 5 heteroatoms. The number of hydrogen-bond donors (Lipinski definition) is 0. The van der Waals surface area contributed by atoms with Crippen molar-refractivity contribution in [2.24, 2.45) is 0 Å². The van der Waals surface area contributed by atoms with Gasteiger partial charge in [-0.05, 0) is 36.4 Å². The molecule has 2 rings (SSSR count). The van der Waals surface area contributed by atoms with Crippen LogP contribution in [0.25, 0.3) is 0 Å². The van der Waals surface area contributed by atoms with E-state index in [1.54, 1.807) is 42.1 Å². The topological polar surface area (TPSA) is 33.0 Å². The van der Waals surface area contributed by atoms with E-state index in [1.807, 2.05) is 12.1 Å². The zero-order chi connectivity index (χ0) is 14.4. The fraction of sp³-hybridized carbons (Fsp3) is 0.133. The normalized spacial score (nSPS) is 10.1. The van der Waals surface area contributed by atoms with Crippen LogP contribution >= 0.6 is 35.0 Å². The average Bonchev–Trinajstić information content (AvgIpc) is 2.47. The summed E-state index contributed by atoms with van der Waals surface area (Å²) in [5.41, 5.74) is 0.591. The Hall–Kier alpha value is -1.34. The quantitative estimate of drug-likeness (QED) is 0.571. The molecule has 0 saturated carbocycles. The van der Waals surface area contributed by atoms with E-state index >= 15 is 0 Å². The molecule has 2 nitrogen and oxygen atoms in total. The molecule has 0 aliphatic carbocycles. The first-order valence-corrected chi connectivity index (χ1v) is 7.64. The first kappa shape index (κ1) is 15.1. The Labute approximate surface area is 132 Å². The van der Waals surface area contributed by atoms with Gasteiger partial charge >= 0.3 is 0 Å². The maximum atomic E-state index is 8.80. The van der Waals surface area contributed by atoms with E-state index in [4.69, 9.17) is 33.2 Å². The van der Waals surface area contributed by atoms with Crippen LogP contribution in [0.4, 0.5) is 0 Å². The summed E-state index contributed by atoms with van der Waals surface area (Å²) in [6, 6.07) is 14.6. The molecule has 20 heavy (non-hydrogen) atoms. The maximum absolute atomic E-state index is 8.80. The van der Waals surface area contributed by atoms with Crippen LogP contribution in [-0.2, 0) is 0 Å². The predicted octanol–water partition coefficient (Wildman–Crippen LogP) is 5.04. The highest BCUT2D eigenvalue weighted by Gasteiger charge is 2.02. The van der Waals surface area contributed by atoms with Crippen LogP contribution in [0.3, 0.4) is 0 Å². The molecular weight excluding hydrogens is 313 g/mol. The molecule has 0 heterocycles. The largest absolute Gasteiger partial charge is 0.493 e. The summed E-state index contributed by atoms with van der Waals surface area (Å²) in [4.78, 5) is 0.938. The number of thioether (sulfide) groups is 1. The van der Waals surface area contributed by atoms with Gasteiger partial charge in [-0.15, -0.1) is 11.8 Å². The third-order valence-electron chi connectivity index (χ3n) is 2.47. The molecule has 102 valence electrons. The van der Waals surface area contributed by atoms with Crippen molar-refractivity contribution in [1.82, 2.24) is 0 Å². The van der Waals surface area contributed by atoms with Crippen molar-refractivity contribution >= 4 is 35.0 Å². The van der Waals surface area contributed by atoms with E-state index in [9.17, 15) is 0 Å². The van der Waals surface area contributed by atoms with Gasteiger partial charge in [0.25, 0.3) is 0 Å². The Morgan fingerprint density at radius 1 is 1.15 bits per heavy atom. The summed E-state index contributed by atoms with van der Waals surface area (Å²) >= 11 is 13.6. The Bertz CT molecular complexity index is 640. The minimum absolute atomic E-state index is 0.530. The van der Waals surface area contributed by atoms with Gasteiger partial charge in [0, 0.05) is 15.7 Å². The summed E-state index contributed by atoms with van der Waals surface area (Å²) in [6.45, 7) is 0.530. The van der Waals surface area contributed by atoms with Crippen molar-refractivity contribution in [2.45, 2.75) is 4.90 Å². The summed E-state index contributed by atoms with van der Waals surface area (Å²) in [5, 5.41) is 10.2. The van der Waals surface area contributed by atoms with Gasteiger partial charge in [0.2, 0.25) is 0 Å². The van der Waals surface area contributed by atoms with E-state index in [0.29, 0.717) is 28.0 Å². The summed E-state index contributed by atoms with van der Waals surface area (Å²) in [6.07, 6.45) is 0. The van der Waals surface area contributed by atoms with Crippen LogP contribution in [0.2, 0.25) is 10.0 Å². The molecule has 0 aliphatic rings. The molecule has 0 saturated heterocycles. The van der Waals surface area contributed by atoms with Gasteiger partial charge in [0.15, 0.2) is 0 Å². The lowest BCUT2D eigenvalue weighted by atomic mass is 10.2. The molecule has 2 aromatic carbocycles. The molecule has 0 aliphatic heterocycles. The molecular formula is C15H11Cl2NOS. The smallest absolute Gasteiger partial charge is 0.120 e. The van der Waals surface area contributed by atoms with E-state index in [0.717, 1.165) is 10.6 Å².